The van der Waals surface area contributed by atoms with Crippen LogP contribution in [0.5, 0.6) is 0 Å². The van der Waals surface area contributed by atoms with Gasteiger partial charge in [0.2, 0.25) is 8.50 Å². The molecule has 11 heavy (non-hydrogen) atoms. The van der Waals surface area contributed by atoms with E-state index in [4.69, 9.17) is 51.0 Å². The minimum atomic E-state index is -4.49. The van der Waals surface area contributed by atoms with Crippen molar-refractivity contribution >= 4 is 86.1 Å². The van der Waals surface area contributed by atoms with Gasteiger partial charge < -0.3 is 0 Å². The average Bonchev–Trinajstić information content (AvgIpc) is 1.59. The van der Waals surface area contributed by atoms with Crippen LogP contribution >= 0.6 is 46.4 Å². The predicted molar refractivity (Wildman–Crippen MR) is 48.6 cm³/mol. The van der Waals surface area contributed by atoms with E-state index in [-0.39, 0.29) is 29.6 Å². The molecule has 0 aromatic rings. The van der Waals surface area contributed by atoms with Crippen LogP contribution in [0.4, 0.5) is 0 Å². The van der Waals surface area contributed by atoms with Crippen molar-refractivity contribution in [3.05, 3.63) is 0 Å². The molecule has 64 valence electrons. The van der Waals surface area contributed by atoms with Crippen LogP contribution in [0.25, 0.3) is 0 Å². The van der Waals surface area contributed by atoms with E-state index in [9.17, 15) is 8.42 Å². The summed E-state index contributed by atoms with van der Waals surface area (Å²) in [6.45, 7) is 0. The summed E-state index contributed by atoms with van der Waals surface area (Å²) in [4.78, 5) is 0. The van der Waals surface area contributed by atoms with Crippen LogP contribution in [-0.4, -0.2) is 51.0 Å². The first-order chi connectivity index (χ1) is 4.15. The van der Waals surface area contributed by atoms with Crippen molar-refractivity contribution in [2.75, 3.05) is 0 Å². The maximum atomic E-state index is 10.1. The molecule has 3 nitrogen and oxygen atoms in total. The molecule has 0 saturated heterocycles. The molecule has 0 rings (SSSR count). The second-order valence-electron chi connectivity index (χ2n) is 1.37. The van der Waals surface area contributed by atoms with Crippen LogP contribution in [0, 0.1) is 0 Å². The summed E-state index contributed by atoms with van der Waals surface area (Å²) >= 11 is 20.1. The Balaban J connectivity index is 0. The van der Waals surface area contributed by atoms with Gasteiger partial charge in [0.05, 0.1) is 0 Å². The third-order valence-corrected chi connectivity index (χ3v) is 3.78. The average molecular weight is 272 g/mol. The summed E-state index contributed by atoms with van der Waals surface area (Å²) in [5.41, 5.74) is 0. The molecule has 0 aromatic carbocycles. The van der Waals surface area contributed by atoms with Gasteiger partial charge in [0.25, 0.3) is 10.1 Å². The summed E-state index contributed by atoms with van der Waals surface area (Å²) in [6, 6.07) is 0. The number of hydrogen-bond acceptors (Lipinski definition) is 2. The Bertz CT molecular complexity index is 208. The van der Waals surface area contributed by atoms with E-state index in [1.54, 1.807) is 0 Å². The fourth-order valence-corrected chi connectivity index (χ4v) is 1.52. The van der Waals surface area contributed by atoms with Crippen LogP contribution in [0.2, 0.25) is 0 Å². The fraction of sp³-hybridized carbons (Fsp3) is 1.00. The van der Waals surface area contributed by atoms with Gasteiger partial charge in [-0.3, -0.25) is 4.55 Å². The van der Waals surface area contributed by atoms with Gasteiger partial charge in [-0.25, -0.2) is 0 Å². The van der Waals surface area contributed by atoms with Crippen molar-refractivity contribution in [1.29, 1.82) is 0 Å². The molecule has 0 saturated carbocycles. The third-order valence-electron chi connectivity index (χ3n) is 0.519. The second kappa shape index (κ2) is 5.08. The Morgan fingerprint density at radius 3 is 1.55 bits per heavy atom. The van der Waals surface area contributed by atoms with Crippen LogP contribution < -0.4 is 0 Å². The van der Waals surface area contributed by atoms with Crippen LogP contribution in [-0.2, 0) is 10.1 Å². The predicted octanol–water partition coefficient (Wildman–Crippen LogP) is 1.16. The summed E-state index contributed by atoms with van der Waals surface area (Å²) in [6.07, 6.45) is 0. The van der Waals surface area contributed by atoms with Crippen molar-refractivity contribution in [1.82, 2.24) is 0 Å². The Labute approximate surface area is 106 Å². The molecule has 0 radical (unpaired) electrons. The summed E-state index contributed by atoms with van der Waals surface area (Å²) in [5, 5.41) is 0. The van der Waals surface area contributed by atoms with Gasteiger partial charge in [0.15, 0.2) is 0 Å². The van der Waals surface area contributed by atoms with Crippen molar-refractivity contribution in [2.45, 2.75) is 8.50 Å². The van der Waals surface area contributed by atoms with Gasteiger partial charge in [-0.05, 0) is 0 Å². The van der Waals surface area contributed by atoms with E-state index in [0.29, 0.717) is 0 Å². The Kier molecular flexibility index (Phi) is 7.17. The zero-order valence-corrected chi connectivity index (χ0v) is 8.10. The minimum absolute atomic E-state index is 0. The first-order valence-electron chi connectivity index (χ1n) is 1.83. The van der Waals surface area contributed by atoms with Crippen LogP contribution in [0.3, 0.4) is 0 Å². The molecular formula is C2H3Cl4NaO3S. The van der Waals surface area contributed by atoms with E-state index >= 15 is 0 Å². The van der Waals surface area contributed by atoms with Crippen LogP contribution in [0.15, 0.2) is 0 Å². The summed E-state index contributed by atoms with van der Waals surface area (Å²) in [7, 11) is -4.49. The molecular weight excluding hydrogens is 269 g/mol. The molecule has 0 aliphatic rings. The first-order valence-corrected chi connectivity index (χ1v) is 4.90. The quantitative estimate of drug-likeness (QED) is 0.442. The number of alkyl halides is 4. The molecule has 9 heteroatoms. The second-order valence-corrected chi connectivity index (χ2v) is 5.94. The molecule has 0 aliphatic heterocycles. The van der Waals surface area contributed by atoms with Gasteiger partial charge in [-0.1, -0.05) is 46.4 Å². The standard InChI is InChI=1S/C2H2Cl4O3S.Na.H/c3-1(2(4,5)6)10(7,8)9;;/h1H,(H,7,8,9);;. The molecule has 0 bridgehead atoms. The number of rotatable bonds is 1. The van der Waals surface area contributed by atoms with Crippen molar-refractivity contribution in [2.24, 2.45) is 0 Å². The molecule has 1 unspecified atom stereocenters. The van der Waals surface area contributed by atoms with E-state index in [0.717, 1.165) is 0 Å². The molecule has 0 spiro atoms. The topological polar surface area (TPSA) is 54.4 Å². The van der Waals surface area contributed by atoms with Gasteiger partial charge in [-0.2, -0.15) is 8.42 Å². The summed E-state index contributed by atoms with van der Waals surface area (Å²) in [5.74, 6) is 0. The summed E-state index contributed by atoms with van der Waals surface area (Å²) < 4.78 is 24.4. The van der Waals surface area contributed by atoms with Gasteiger partial charge in [0.1, 0.15) is 0 Å². The normalized spacial score (nSPS) is 15.4. The van der Waals surface area contributed by atoms with E-state index < -0.39 is 18.6 Å². The Morgan fingerprint density at radius 2 is 1.55 bits per heavy atom. The molecule has 0 amide bonds. The van der Waals surface area contributed by atoms with E-state index in [1.165, 1.54) is 0 Å². The molecule has 1 atom stereocenters. The van der Waals surface area contributed by atoms with Crippen molar-refractivity contribution in [3.63, 3.8) is 0 Å². The first kappa shape index (κ1) is 15.5. The van der Waals surface area contributed by atoms with Gasteiger partial charge >= 0.3 is 29.6 Å². The Morgan fingerprint density at radius 1 is 1.27 bits per heavy atom. The monoisotopic (exact) mass is 270 g/mol. The zero-order valence-electron chi connectivity index (χ0n) is 4.26. The molecule has 1 N–H and O–H groups in total. The SMILES string of the molecule is O=S(=O)(O)C(Cl)C(Cl)(Cl)Cl.[NaH]. The molecule has 0 fully saturated rings. The molecule has 0 heterocycles. The van der Waals surface area contributed by atoms with Crippen molar-refractivity contribution < 1.29 is 13.0 Å². The third kappa shape index (κ3) is 6.18. The Hall–Kier alpha value is 2.07. The molecule has 0 aliphatic carbocycles. The van der Waals surface area contributed by atoms with Crippen molar-refractivity contribution in [3.8, 4) is 0 Å². The maximum absolute atomic E-state index is 10.1. The van der Waals surface area contributed by atoms with E-state index in [1.807, 2.05) is 0 Å². The number of halogens is 4. The zero-order chi connectivity index (χ0) is 8.58. The van der Waals surface area contributed by atoms with Crippen LogP contribution in [0.1, 0.15) is 0 Å². The van der Waals surface area contributed by atoms with Gasteiger partial charge in [-0.15, -0.1) is 0 Å². The fourth-order valence-electron chi connectivity index (χ4n) is 0.169. The number of hydrogen-bond donors (Lipinski definition) is 1. The van der Waals surface area contributed by atoms with Gasteiger partial charge in [0, 0.05) is 0 Å². The molecule has 0 aromatic heterocycles. The van der Waals surface area contributed by atoms with E-state index in [2.05, 4.69) is 0 Å².